The van der Waals surface area contributed by atoms with Crippen molar-refractivity contribution in [2.75, 3.05) is 13.2 Å². The Balaban J connectivity index is 2.14. The molecule has 3 nitrogen and oxygen atoms in total. The molecule has 0 heterocycles. The van der Waals surface area contributed by atoms with Crippen LogP contribution in [-0.2, 0) is 13.2 Å². The van der Waals surface area contributed by atoms with Gasteiger partial charge in [0.25, 0.3) is 0 Å². The van der Waals surface area contributed by atoms with Crippen LogP contribution in [0.3, 0.4) is 0 Å². The summed E-state index contributed by atoms with van der Waals surface area (Å²) in [5, 5.41) is 4.64. The lowest BCUT2D eigenvalue weighted by Crippen LogP contribution is -2.19. The van der Waals surface area contributed by atoms with Crippen LogP contribution in [0.2, 0.25) is 10.0 Å². The molecule has 0 aliphatic rings. The predicted molar refractivity (Wildman–Crippen MR) is 113 cm³/mol. The van der Waals surface area contributed by atoms with Crippen LogP contribution in [-0.4, -0.2) is 13.2 Å². The van der Waals surface area contributed by atoms with Crippen LogP contribution in [0.4, 0.5) is 0 Å². The van der Waals surface area contributed by atoms with Gasteiger partial charge in [-0.15, -0.1) is 0 Å². The molecule has 0 atom stereocenters. The zero-order valence-electron chi connectivity index (χ0n) is 15.2. The Labute approximate surface area is 174 Å². The predicted octanol–water partition coefficient (Wildman–Crippen LogP) is 6.48. The van der Waals surface area contributed by atoms with Crippen LogP contribution in [0.15, 0.2) is 34.8 Å². The van der Waals surface area contributed by atoms with E-state index in [1.165, 1.54) is 0 Å². The molecule has 0 radical (unpaired) electrons. The Kier molecular flexibility index (Phi) is 8.55. The van der Waals surface area contributed by atoms with E-state index in [1.807, 2.05) is 25.1 Å². The van der Waals surface area contributed by atoms with Crippen molar-refractivity contribution in [1.82, 2.24) is 5.32 Å². The van der Waals surface area contributed by atoms with Gasteiger partial charge in [0, 0.05) is 26.6 Å². The molecule has 6 heteroatoms. The lowest BCUT2D eigenvalue weighted by atomic mass is 10.1. The summed E-state index contributed by atoms with van der Waals surface area (Å²) in [7, 11) is 0. The molecule has 0 aliphatic carbocycles. The van der Waals surface area contributed by atoms with Gasteiger partial charge in [0.2, 0.25) is 0 Å². The van der Waals surface area contributed by atoms with E-state index < -0.39 is 0 Å². The Bertz CT molecular complexity index is 738. The summed E-state index contributed by atoms with van der Waals surface area (Å²) in [5.74, 6) is 2.01. The Hall–Kier alpha value is -0.940. The molecule has 0 unspecified atom stereocenters. The third kappa shape index (κ3) is 6.34. The van der Waals surface area contributed by atoms with E-state index in [-0.39, 0.29) is 0 Å². The Morgan fingerprint density at radius 3 is 2.42 bits per heavy atom. The summed E-state index contributed by atoms with van der Waals surface area (Å²) < 4.78 is 12.7. The van der Waals surface area contributed by atoms with Crippen LogP contribution in [0.1, 0.15) is 31.9 Å². The molecule has 26 heavy (non-hydrogen) atoms. The SMILES string of the molecule is CCOc1cc(CNCC(C)C)c(Br)cc1OCc1ccc(Cl)cc1Cl. The van der Waals surface area contributed by atoms with E-state index >= 15 is 0 Å². The third-order valence-electron chi connectivity index (χ3n) is 3.68. The second-order valence-electron chi connectivity index (χ2n) is 6.37. The highest BCUT2D eigenvalue weighted by atomic mass is 79.9. The number of hydrogen-bond donors (Lipinski definition) is 1. The fourth-order valence-corrected chi connectivity index (χ4v) is 3.31. The van der Waals surface area contributed by atoms with Crippen molar-refractivity contribution in [3.05, 3.63) is 56.0 Å². The summed E-state index contributed by atoms with van der Waals surface area (Å²) in [6, 6.07) is 9.34. The minimum atomic E-state index is 0.341. The molecule has 0 bridgehead atoms. The maximum Gasteiger partial charge on any atom is 0.162 e. The van der Waals surface area contributed by atoms with Gasteiger partial charge in [-0.3, -0.25) is 0 Å². The first-order chi connectivity index (χ1) is 12.4. The summed E-state index contributed by atoms with van der Waals surface area (Å²) >= 11 is 15.8. The second kappa shape index (κ2) is 10.4. The molecule has 0 spiro atoms. The van der Waals surface area contributed by atoms with Crippen LogP contribution in [0, 0.1) is 5.92 Å². The normalized spacial score (nSPS) is 11.0. The molecule has 142 valence electrons. The second-order valence-corrected chi connectivity index (χ2v) is 8.07. The van der Waals surface area contributed by atoms with Crippen LogP contribution >= 0.6 is 39.1 Å². The summed E-state index contributed by atoms with van der Waals surface area (Å²) in [6.07, 6.45) is 0. The molecule has 0 fully saturated rings. The summed E-state index contributed by atoms with van der Waals surface area (Å²) in [6.45, 7) is 8.97. The molecule has 0 aromatic heterocycles. The molecule has 0 amide bonds. The first-order valence-electron chi connectivity index (χ1n) is 8.63. The highest BCUT2D eigenvalue weighted by Gasteiger charge is 2.12. The number of ether oxygens (including phenoxy) is 2. The van der Waals surface area contributed by atoms with E-state index in [9.17, 15) is 0 Å². The quantitative estimate of drug-likeness (QED) is 0.464. The Morgan fingerprint density at radius 2 is 1.77 bits per heavy atom. The van der Waals surface area contributed by atoms with Gasteiger partial charge in [-0.1, -0.05) is 59.0 Å². The van der Waals surface area contributed by atoms with Crippen molar-refractivity contribution in [1.29, 1.82) is 0 Å². The number of benzene rings is 2. The van der Waals surface area contributed by atoms with E-state index in [0.29, 0.717) is 34.9 Å². The summed E-state index contributed by atoms with van der Waals surface area (Å²) in [5.41, 5.74) is 2.00. The molecule has 2 aromatic rings. The van der Waals surface area contributed by atoms with Gasteiger partial charge in [-0.2, -0.15) is 0 Å². The maximum atomic E-state index is 6.22. The minimum Gasteiger partial charge on any atom is -0.490 e. The Morgan fingerprint density at radius 1 is 1.04 bits per heavy atom. The summed E-state index contributed by atoms with van der Waals surface area (Å²) in [4.78, 5) is 0. The number of rotatable bonds is 9. The fraction of sp³-hybridized carbons (Fsp3) is 0.400. The van der Waals surface area contributed by atoms with Gasteiger partial charge in [-0.05, 0) is 49.2 Å². The molecule has 0 saturated carbocycles. The molecule has 0 aliphatic heterocycles. The maximum absolute atomic E-state index is 6.22. The molecule has 2 rings (SSSR count). The van der Waals surface area contributed by atoms with E-state index in [0.717, 1.165) is 34.4 Å². The molecule has 2 aromatic carbocycles. The lowest BCUT2D eigenvalue weighted by molar-refractivity contribution is 0.269. The van der Waals surface area contributed by atoms with Crippen molar-refractivity contribution < 1.29 is 9.47 Å². The number of hydrogen-bond acceptors (Lipinski definition) is 3. The fourth-order valence-electron chi connectivity index (χ4n) is 2.38. The van der Waals surface area contributed by atoms with E-state index in [2.05, 4.69) is 35.1 Å². The van der Waals surface area contributed by atoms with Crippen molar-refractivity contribution in [2.24, 2.45) is 5.92 Å². The molecule has 0 saturated heterocycles. The van der Waals surface area contributed by atoms with Gasteiger partial charge in [-0.25, -0.2) is 0 Å². The lowest BCUT2D eigenvalue weighted by Gasteiger charge is -2.16. The van der Waals surface area contributed by atoms with Gasteiger partial charge < -0.3 is 14.8 Å². The minimum absolute atomic E-state index is 0.341. The number of nitrogens with one attached hydrogen (secondary N) is 1. The van der Waals surface area contributed by atoms with Crippen molar-refractivity contribution >= 4 is 39.1 Å². The van der Waals surface area contributed by atoms with Crippen molar-refractivity contribution in [3.63, 3.8) is 0 Å². The van der Waals surface area contributed by atoms with Gasteiger partial charge in [0.05, 0.1) is 6.61 Å². The van der Waals surface area contributed by atoms with Crippen molar-refractivity contribution in [3.8, 4) is 11.5 Å². The van der Waals surface area contributed by atoms with E-state index in [1.54, 1.807) is 12.1 Å². The third-order valence-corrected chi connectivity index (χ3v) is 5.00. The average molecular weight is 461 g/mol. The topological polar surface area (TPSA) is 30.5 Å². The van der Waals surface area contributed by atoms with Crippen LogP contribution in [0.5, 0.6) is 11.5 Å². The smallest absolute Gasteiger partial charge is 0.162 e. The van der Waals surface area contributed by atoms with Crippen molar-refractivity contribution in [2.45, 2.75) is 33.9 Å². The highest BCUT2D eigenvalue weighted by Crippen LogP contribution is 2.35. The zero-order chi connectivity index (χ0) is 19.1. The molecular weight excluding hydrogens is 437 g/mol. The molecular formula is C20H24BrCl2NO2. The van der Waals surface area contributed by atoms with Gasteiger partial charge in [0.1, 0.15) is 6.61 Å². The van der Waals surface area contributed by atoms with E-state index in [4.69, 9.17) is 32.7 Å². The standard InChI is InChI=1S/C20H24BrCl2NO2/c1-4-25-19-7-15(11-24-10-13(2)3)17(21)9-20(19)26-12-14-5-6-16(22)8-18(14)23/h5-9,13,24H,4,10-12H2,1-3H3. The van der Waals surface area contributed by atoms with Gasteiger partial charge in [0.15, 0.2) is 11.5 Å². The monoisotopic (exact) mass is 459 g/mol. The first kappa shape index (κ1) is 21.4. The average Bonchev–Trinajstić information content (AvgIpc) is 2.57. The van der Waals surface area contributed by atoms with Crippen LogP contribution < -0.4 is 14.8 Å². The largest absolute Gasteiger partial charge is 0.490 e. The highest BCUT2D eigenvalue weighted by molar-refractivity contribution is 9.10. The first-order valence-corrected chi connectivity index (χ1v) is 10.2. The van der Waals surface area contributed by atoms with Crippen LogP contribution in [0.25, 0.3) is 0 Å². The van der Waals surface area contributed by atoms with Gasteiger partial charge >= 0.3 is 0 Å². The number of halogens is 3. The zero-order valence-corrected chi connectivity index (χ0v) is 18.3. The molecule has 1 N–H and O–H groups in total.